The van der Waals surface area contributed by atoms with Crippen molar-refractivity contribution in [1.29, 1.82) is 0 Å². The molecule has 0 saturated carbocycles. The third-order valence-electron chi connectivity index (χ3n) is 21.9. The van der Waals surface area contributed by atoms with Crippen LogP contribution in [0.5, 0.6) is 5.75 Å². The van der Waals surface area contributed by atoms with Gasteiger partial charge >= 0.3 is 11.7 Å². The van der Waals surface area contributed by atoms with Gasteiger partial charge in [0.15, 0.2) is 22.3 Å². The second kappa shape index (κ2) is 34.1. The monoisotopic (exact) mass is 1580 g/mol. The van der Waals surface area contributed by atoms with Gasteiger partial charge < -0.3 is 32.7 Å². The maximum absolute atomic E-state index is 11.3. The minimum absolute atomic E-state index is 0.0848. The molecule has 14 heteroatoms. The summed E-state index contributed by atoms with van der Waals surface area (Å²) < 4.78 is 29.2. The molecule has 1 amide bonds. The summed E-state index contributed by atoms with van der Waals surface area (Å²) in [6.07, 6.45) is 6.12. The van der Waals surface area contributed by atoms with Crippen LogP contribution in [0.25, 0.3) is 89.7 Å². The number of anilines is 1. The van der Waals surface area contributed by atoms with Gasteiger partial charge in [-0.3, -0.25) is 14.2 Å². The Labute approximate surface area is 696 Å². The Morgan fingerprint density at radius 2 is 0.788 bits per heavy atom. The van der Waals surface area contributed by atoms with Gasteiger partial charge in [-0.2, -0.15) is 0 Å². The van der Waals surface area contributed by atoms with Crippen molar-refractivity contribution < 1.29 is 32.0 Å². The molecule has 14 nitrogen and oxygen atoms in total. The highest BCUT2D eigenvalue weighted by Crippen LogP contribution is 2.38. The number of benzene rings is 10. The maximum Gasteiger partial charge on any atom is 0.419 e. The van der Waals surface area contributed by atoms with Crippen LogP contribution in [-0.2, 0) is 80.2 Å². The SMILES string of the molecule is CC(C)(C)c1ccc2c(c1)NC(=O)C2.CC(C)(C)c1ccc2c(c1)OC(=O)C2.CC(C)(C)c1ccc2c3c([nH]c2c1)CCCC3.CC(C)(C)c1ccc2oc(-c3ccccc3)nc2c1.CC(C)(C)c1ccc2oc(-c3ccccc3)nc2c1.Cc1ccccc1-c1nc2cc(C(C)(C)C)ccc2o1.Cn1c(=O)oc2ccc(C(C)(C)C)cc21. The lowest BCUT2D eigenvalue weighted by Gasteiger charge is -2.19. The van der Waals surface area contributed by atoms with Crippen LogP contribution in [0.4, 0.5) is 5.69 Å². The number of hydrogen-bond acceptors (Lipinski definition) is 11. The number of H-pyrrole nitrogens is 1. The Bertz CT molecular complexity index is 5940. The molecule has 0 spiro atoms. The molecule has 612 valence electrons. The topological polar surface area (TPSA) is 184 Å². The van der Waals surface area contributed by atoms with Gasteiger partial charge in [0.25, 0.3) is 0 Å². The van der Waals surface area contributed by atoms with E-state index in [1.807, 2.05) is 133 Å². The number of aromatic nitrogens is 5. The van der Waals surface area contributed by atoms with Crippen LogP contribution in [0.2, 0.25) is 0 Å². The fourth-order valence-electron chi connectivity index (χ4n) is 14.2. The predicted molar refractivity (Wildman–Crippen MR) is 485 cm³/mol. The van der Waals surface area contributed by atoms with Gasteiger partial charge in [-0.1, -0.05) is 261 Å². The van der Waals surface area contributed by atoms with E-state index < -0.39 is 0 Å². The van der Waals surface area contributed by atoms with Gasteiger partial charge in [-0.05, 0) is 223 Å². The van der Waals surface area contributed by atoms with E-state index in [1.165, 1.54) is 91.4 Å². The molecule has 7 heterocycles. The summed E-state index contributed by atoms with van der Waals surface area (Å²) in [6.45, 7) is 48.1. The van der Waals surface area contributed by atoms with Gasteiger partial charge in [-0.15, -0.1) is 0 Å². The first-order chi connectivity index (χ1) is 55.4. The number of nitrogens with zero attached hydrogens (tertiary/aromatic N) is 4. The molecule has 0 fully saturated rings. The minimum Gasteiger partial charge on any atom is -0.436 e. The molecule has 118 heavy (non-hydrogen) atoms. The standard InChI is InChI=1S/C18H19NO.2C17H17NO.C16H21N.C12H15NO2.C12H15NO.C12H14O2/c1-12-7-5-6-8-14(12)17-19-15-11-13(18(2,3)4)9-10-16(15)20-17;2*1-17(2,3)13-9-10-15-14(11-13)18-16(19-15)12-7-5-4-6-8-12;1-16(2,3)11-8-9-13-12-6-4-5-7-14(12)17-15(13)10-11;1-12(2,3)8-5-6-10-9(7-8)13(4)11(14)15-10;1-12(2,3)9-5-4-8-6-11(14)13-10(8)7-9;1-12(2,3)9-5-4-8-6-11(13)14-10(8)7-9/h5-11H,1-4H3;2*4-11H,1-3H3;8-10,17H,4-7H2,1-3H3;5-7H,1-4H3;4-5,7H,6H2,1-3H3,(H,13,14);4-5,7H,6H2,1-3H3. The Balaban J connectivity index is 0.000000127. The van der Waals surface area contributed by atoms with E-state index in [9.17, 15) is 14.4 Å². The molecule has 0 radical (unpaired) electrons. The van der Waals surface area contributed by atoms with Gasteiger partial charge in [0, 0.05) is 51.6 Å². The Hall–Kier alpha value is -11.6. The molecule has 2 N–H and O–H groups in total. The summed E-state index contributed by atoms with van der Waals surface area (Å²) in [6, 6.07) is 72.0. The molecule has 0 saturated heterocycles. The minimum atomic E-state index is -0.309. The third kappa shape index (κ3) is 20.8. The summed E-state index contributed by atoms with van der Waals surface area (Å²) in [5.41, 5.74) is 28.4. The Kier molecular flexibility index (Phi) is 24.8. The maximum atomic E-state index is 11.3. The lowest BCUT2D eigenvalue weighted by atomic mass is 9.86. The van der Waals surface area contributed by atoms with Crippen LogP contribution >= 0.6 is 0 Å². The fraction of sp³-hybridized carbons (Fsp3) is 0.346. The van der Waals surface area contributed by atoms with Crippen LogP contribution in [0, 0.1) is 6.92 Å². The van der Waals surface area contributed by atoms with E-state index in [4.69, 9.17) is 22.4 Å². The number of hydrogen-bond donors (Lipinski definition) is 2. The molecular weight excluding hydrogens is 1460 g/mol. The van der Waals surface area contributed by atoms with E-state index in [1.54, 1.807) is 12.6 Å². The fourth-order valence-corrected chi connectivity index (χ4v) is 14.2. The number of amides is 1. The molecule has 15 aromatic rings. The quantitative estimate of drug-likeness (QED) is 0.127. The zero-order valence-corrected chi connectivity index (χ0v) is 73.5. The van der Waals surface area contributed by atoms with Crippen molar-refractivity contribution in [2.24, 2.45) is 7.05 Å². The van der Waals surface area contributed by atoms with Gasteiger partial charge in [0.2, 0.25) is 23.6 Å². The number of nitrogens with one attached hydrogen (secondary N) is 2. The van der Waals surface area contributed by atoms with Crippen molar-refractivity contribution in [3.8, 4) is 40.1 Å². The number of oxazole rings is 4. The number of fused-ring (bicyclic) bond motifs is 9. The summed E-state index contributed by atoms with van der Waals surface area (Å²) in [5, 5.41) is 4.32. The average molecular weight is 1580 g/mol. The van der Waals surface area contributed by atoms with Crippen LogP contribution < -0.4 is 15.8 Å². The molecule has 2 aliphatic heterocycles. The van der Waals surface area contributed by atoms with Crippen molar-refractivity contribution in [1.82, 2.24) is 24.5 Å². The van der Waals surface area contributed by atoms with E-state index >= 15 is 0 Å². The van der Waals surface area contributed by atoms with Gasteiger partial charge in [-0.25, -0.2) is 19.7 Å². The average Bonchev–Trinajstić information content (AvgIpc) is 1.64. The third-order valence-corrected chi connectivity index (χ3v) is 21.9. The normalized spacial score (nSPS) is 13.4. The first-order valence-corrected chi connectivity index (χ1v) is 41.3. The van der Waals surface area contributed by atoms with Crippen molar-refractivity contribution in [3.63, 3.8) is 0 Å². The number of carbonyl (C=O) groups excluding carboxylic acids is 2. The van der Waals surface area contributed by atoms with E-state index in [-0.39, 0.29) is 55.5 Å². The molecule has 0 unspecified atom stereocenters. The Morgan fingerprint density at radius 3 is 1.29 bits per heavy atom. The predicted octanol–water partition coefficient (Wildman–Crippen LogP) is 26.4. The van der Waals surface area contributed by atoms with Crippen molar-refractivity contribution in [3.05, 3.63) is 290 Å². The summed E-state index contributed by atoms with van der Waals surface area (Å²) in [5.74, 6) is 2.45. The highest BCUT2D eigenvalue weighted by atomic mass is 16.5. The van der Waals surface area contributed by atoms with Crippen LogP contribution in [0.3, 0.4) is 0 Å². The zero-order valence-electron chi connectivity index (χ0n) is 73.5. The summed E-state index contributed by atoms with van der Waals surface area (Å²) in [4.78, 5) is 50.9. The zero-order chi connectivity index (χ0) is 85.2. The number of aryl methyl sites for hydroxylation is 4. The van der Waals surface area contributed by atoms with Crippen molar-refractivity contribution in [2.75, 3.05) is 5.32 Å². The molecular formula is C104H118N6O8. The van der Waals surface area contributed by atoms with Crippen molar-refractivity contribution >= 4 is 72.9 Å². The molecule has 0 bridgehead atoms. The molecule has 0 atom stereocenters. The molecule has 3 aliphatic rings. The molecule has 10 aromatic carbocycles. The second-order valence-corrected chi connectivity index (χ2v) is 38.6. The van der Waals surface area contributed by atoms with Crippen LogP contribution in [-0.4, -0.2) is 36.4 Å². The number of carbonyl (C=O) groups is 2. The van der Waals surface area contributed by atoms with Crippen LogP contribution in [0.1, 0.15) is 225 Å². The first kappa shape index (κ1) is 85.7. The molecule has 1 aliphatic carbocycles. The molecule has 5 aromatic heterocycles. The highest BCUT2D eigenvalue weighted by Gasteiger charge is 2.27. The second-order valence-electron chi connectivity index (χ2n) is 38.6. The van der Waals surface area contributed by atoms with E-state index in [2.05, 4.69) is 256 Å². The number of ether oxygens (including phenoxy) is 1. The smallest absolute Gasteiger partial charge is 0.419 e. The number of rotatable bonds is 3. The van der Waals surface area contributed by atoms with E-state index in [0.717, 1.165) is 78.1 Å². The van der Waals surface area contributed by atoms with Gasteiger partial charge in [0.05, 0.1) is 18.4 Å². The van der Waals surface area contributed by atoms with Crippen molar-refractivity contribution in [2.45, 2.75) is 229 Å². The number of aromatic amines is 1. The van der Waals surface area contributed by atoms with E-state index in [0.29, 0.717) is 36.1 Å². The first-order valence-electron chi connectivity index (χ1n) is 41.3. The molecule has 18 rings (SSSR count). The lowest BCUT2D eigenvalue weighted by Crippen LogP contribution is -2.12. The van der Waals surface area contributed by atoms with Gasteiger partial charge in [0.1, 0.15) is 22.3 Å². The summed E-state index contributed by atoms with van der Waals surface area (Å²) in [7, 11) is 1.72. The number of esters is 1. The largest absolute Gasteiger partial charge is 0.436 e. The highest BCUT2D eigenvalue weighted by molar-refractivity contribution is 5.99. The summed E-state index contributed by atoms with van der Waals surface area (Å²) >= 11 is 0. The van der Waals surface area contributed by atoms with Crippen LogP contribution in [0.15, 0.2) is 235 Å². The lowest BCUT2D eigenvalue weighted by molar-refractivity contribution is -0.131. The Morgan fingerprint density at radius 1 is 0.381 bits per heavy atom.